The summed E-state index contributed by atoms with van der Waals surface area (Å²) in [6.07, 6.45) is 0.401. The van der Waals surface area contributed by atoms with E-state index in [1.54, 1.807) is 0 Å². The molecule has 0 aromatic heterocycles. The predicted molar refractivity (Wildman–Crippen MR) is 89.7 cm³/mol. The minimum absolute atomic E-state index is 0.132. The second kappa shape index (κ2) is 6.20. The Morgan fingerprint density at radius 1 is 1.09 bits per heavy atom. The van der Waals surface area contributed by atoms with Gasteiger partial charge in [-0.2, -0.15) is 0 Å². The molecule has 4 nitrogen and oxygen atoms in total. The highest BCUT2D eigenvalue weighted by atomic mass is 16.2. The van der Waals surface area contributed by atoms with Crippen molar-refractivity contribution in [3.8, 4) is 0 Å². The third-order valence-electron chi connectivity index (χ3n) is 4.06. The molecule has 0 bridgehead atoms. The Morgan fingerprint density at radius 2 is 1.82 bits per heavy atom. The SMILES string of the molecule is CN1CCN(C(=O)Cc2ccc(N)cc2)c2ccccc2C1. The van der Waals surface area contributed by atoms with E-state index in [9.17, 15) is 4.79 Å². The highest BCUT2D eigenvalue weighted by molar-refractivity contribution is 5.95. The highest BCUT2D eigenvalue weighted by Gasteiger charge is 2.22. The van der Waals surface area contributed by atoms with Crippen molar-refractivity contribution < 1.29 is 4.79 Å². The summed E-state index contributed by atoms with van der Waals surface area (Å²) >= 11 is 0. The zero-order chi connectivity index (χ0) is 15.5. The van der Waals surface area contributed by atoms with Gasteiger partial charge in [0, 0.05) is 31.0 Å². The third kappa shape index (κ3) is 3.12. The lowest BCUT2D eigenvalue weighted by Gasteiger charge is -2.22. The van der Waals surface area contributed by atoms with Crippen molar-refractivity contribution in [1.29, 1.82) is 0 Å². The van der Waals surface area contributed by atoms with Crippen LogP contribution in [0.1, 0.15) is 11.1 Å². The average Bonchev–Trinajstić information content (AvgIpc) is 2.68. The molecule has 1 aliphatic heterocycles. The van der Waals surface area contributed by atoms with Crippen LogP contribution >= 0.6 is 0 Å². The number of hydrogen-bond donors (Lipinski definition) is 1. The molecule has 0 aliphatic carbocycles. The van der Waals surface area contributed by atoms with E-state index in [2.05, 4.69) is 18.0 Å². The Hall–Kier alpha value is -2.33. The first-order chi connectivity index (χ1) is 10.6. The lowest BCUT2D eigenvalue weighted by Crippen LogP contribution is -2.36. The van der Waals surface area contributed by atoms with Crippen LogP contribution in [0.5, 0.6) is 0 Å². The largest absolute Gasteiger partial charge is 0.399 e. The van der Waals surface area contributed by atoms with Gasteiger partial charge in [0.1, 0.15) is 0 Å². The molecule has 0 fully saturated rings. The second-order valence-corrected chi connectivity index (χ2v) is 5.83. The van der Waals surface area contributed by atoms with E-state index in [-0.39, 0.29) is 5.91 Å². The predicted octanol–water partition coefficient (Wildman–Crippen LogP) is 2.29. The first-order valence-corrected chi connectivity index (χ1v) is 7.55. The molecular weight excluding hydrogens is 274 g/mol. The lowest BCUT2D eigenvalue weighted by atomic mass is 10.1. The molecule has 0 unspecified atom stereocenters. The monoisotopic (exact) mass is 295 g/mol. The van der Waals surface area contributed by atoms with E-state index in [4.69, 9.17) is 5.73 Å². The molecule has 0 atom stereocenters. The van der Waals surface area contributed by atoms with Gasteiger partial charge in [-0.25, -0.2) is 0 Å². The Labute approximate surface area is 131 Å². The summed E-state index contributed by atoms with van der Waals surface area (Å²) in [6.45, 7) is 2.48. The number of amides is 1. The van der Waals surface area contributed by atoms with Crippen molar-refractivity contribution in [2.75, 3.05) is 30.8 Å². The van der Waals surface area contributed by atoms with Crippen molar-refractivity contribution in [3.63, 3.8) is 0 Å². The van der Waals surface area contributed by atoms with Crippen LogP contribution in [-0.4, -0.2) is 30.9 Å². The third-order valence-corrected chi connectivity index (χ3v) is 4.06. The minimum atomic E-state index is 0.132. The normalized spacial score (nSPS) is 15.2. The van der Waals surface area contributed by atoms with Crippen LogP contribution in [0.2, 0.25) is 0 Å². The topological polar surface area (TPSA) is 49.6 Å². The molecule has 1 amide bonds. The number of fused-ring (bicyclic) bond motifs is 1. The summed E-state index contributed by atoms with van der Waals surface area (Å²) in [5, 5.41) is 0. The molecule has 0 radical (unpaired) electrons. The number of hydrogen-bond acceptors (Lipinski definition) is 3. The van der Waals surface area contributed by atoms with E-state index >= 15 is 0 Å². The highest BCUT2D eigenvalue weighted by Crippen LogP contribution is 2.25. The Balaban J connectivity index is 1.84. The maximum atomic E-state index is 12.8. The molecular formula is C18H21N3O. The number of likely N-dealkylation sites (N-methyl/N-ethyl adjacent to an activating group) is 1. The number of nitrogens with two attached hydrogens (primary N) is 1. The lowest BCUT2D eigenvalue weighted by molar-refractivity contribution is -0.118. The van der Waals surface area contributed by atoms with Gasteiger partial charge in [0.15, 0.2) is 0 Å². The number of nitrogens with zero attached hydrogens (tertiary/aromatic N) is 2. The fraction of sp³-hybridized carbons (Fsp3) is 0.278. The summed E-state index contributed by atoms with van der Waals surface area (Å²) in [4.78, 5) is 16.9. The molecule has 1 aliphatic rings. The van der Waals surface area contributed by atoms with Crippen LogP contribution in [0, 0.1) is 0 Å². The van der Waals surface area contributed by atoms with Crippen molar-refractivity contribution in [3.05, 3.63) is 59.7 Å². The molecule has 0 saturated carbocycles. The number of anilines is 2. The summed E-state index contributed by atoms with van der Waals surface area (Å²) < 4.78 is 0. The summed E-state index contributed by atoms with van der Waals surface area (Å²) in [5.41, 5.74) is 9.65. The molecule has 0 saturated heterocycles. The van der Waals surface area contributed by atoms with Crippen molar-refractivity contribution >= 4 is 17.3 Å². The van der Waals surface area contributed by atoms with Gasteiger partial charge in [-0.15, -0.1) is 0 Å². The van der Waals surface area contributed by atoms with Gasteiger partial charge < -0.3 is 15.5 Å². The first-order valence-electron chi connectivity index (χ1n) is 7.55. The van der Waals surface area contributed by atoms with E-state index in [0.717, 1.165) is 36.6 Å². The molecule has 1 heterocycles. The molecule has 114 valence electrons. The molecule has 2 N–H and O–H groups in total. The maximum absolute atomic E-state index is 12.8. The Morgan fingerprint density at radius 3 is 2.59 bits per heavy atom. The van der Waals surface area contributed by atoms with Crippen LogP contribution in [0.15, 0.2) is 48.5 Å². The van der Waals surface area contributed by atoms with Crippen molar-refractivity contribution in [2.24, 2.45) is 0 Å². The first kappa shape index (κ1) is 14.6. The van der Waals surface area contributed by atoms with Crippen LogP contribution in [0.4, 0.5) is 11.4 Å². The van der Waals surface area contributed by atoms with Gasteiger partial charge in [-0.05, 0) is 36.4 Å². The fourth-order valence-corrected chi connectivity index (χ4v) is 2.83. The second-order valence-electron chi connectivity index (χ2n) is 5.83. The van der Waals surface area contributed by atoms with E-state index in [1.807, 2.05) is 47.4 Å². The average molecular weight is 295 g/mol. The molecule has 4 heteroatoms. The van der Waals surface area contributed by atoms with E-state index in [0.29, 0.717) is 6.42 Å². The van der Waals surface area contributed by atoms with Crippen LogP contribution < -0.4 is 10.6 Å². The smallest absolute Gasteiger partial charge is 0.231 e. The molecule has 2 aromatic carbocycles. The van der Waals surface area contributed by atoms with Crippen LogP contribution in [0.3, 0.4) is 0 Å². The molecule has 0 spiro atoms. The maximum Gasteiger partial charge on any atom is 0.231 e. The van der Waals surface area contributed by atoms with Gasteiger partial charge in [-0.1, -0.05) is 30.3 Å². The van der Waals surface area contributed by atoms with Crippen LogP contribution in [-0.2, 0) is 17.8 Å². The summed E-state index contributed by atoms with van der Waals surface area (Å²) in [7, 11) is 2.09. The summed E-state index contributed by atoms with van der Waals surface area (Å²) in [5.74, 6) is 0.132. The number of nitrogen functional groups attached to an aromatic ring is 1. The van der Waals surface area contributed by atoms with Gasteiger partial charge in [0.25, 0.3) is 0 Å². The fourth-order valence-electron chi connectivity index (χ4n) is 2.83. The number of benzene rings is 2. The Bertz CT molecular complexity index is 666. The zero-order valence-electron chi connectivity index (χ0n) is 12.8. The number of rotatable bonds is 2. The van der Waals surface area contributed by atoms with Gasteiger partial charge in [0.05, 0.1) is 6.42 Å². The van der Waals surface area contributed by atoms with Crippen LogP contribution in [0.25, 0.3) is 0 Å². The molecule has 22 heavy (non-hydrogen) atoms. The number of carbonyl (C=O) groups is 1. The van der Waals surface area contributed by atoms with Crippen molar-refractivity contribution in [1.82, 2.24) is 4.90 Å². The zero-order valence-corrected chi connectivity index (χ0v) is 12.8. The quantitative estimate of drug-likeness (QED) is 0.865. The summed E-state index contributed by atoms with van der Waals surface area (Å²) in [6, 6.07) is 15.7. The van der Waals surface area contributed by atoms with E-state index in [1.165, 1.54) is 5.56 Å². The van der Waals surface area contributed by atoms with E-state index < -0.39 is 0 Å². The standard InChI is InChI=1S/C18H21N3O/c1-20-10-11-21(17-5-3-2-4-15(17)13-20)18(22)12-14-6-8-16(19)9-7-14/h2-9H,10-13,19H2,1H3. The van der Waals surface area contributed by atoms with Crippen molar-refractivity contribution in [2.45, 2.75) is 13.0 Å². The number of carbonyl (C=O) groups excluding carboxylic acids is 1. The molecule has 2 aromatic rings. The van der Waals surface area contributed by atoms with Gasteiger partial charge in [0.2, 0.25) is 5.91 Å². The van der Waals surface area contributed by atoms with Gasteiger partial charge in [-0.3, -0.25) is 4.79 Å². The van der Waals surface area contributed by atoms with Gasteiger partial charge >= 0.3 is 0 Å². The molecule has 3 rings (SSSR count). The minimum Gasteiger partial charge on any atom is -0.399 e. The number of para-hydroxylation sites is 1. The Kier molecular flexibility index (Phi) is 4.11.